The minimum absolute atomic E-state index is 0.175. The molecule has 28 heavy (non-hydrogen) atoms. The van der Waals surface area contributed by atoms with Gasteiger partial charge in [-0.25, -0.2) is 4.79 Å². The van der Waals surface area contributed by atoms with Crippen molar-refractivity contribution in [3.63, 3.8) is 0 Å². The molecule has 0 radical (unpaired) electrons. The van der Waals surface area contributed by atoms with Crippen molar-refractivity contribution in [1.29, 1.82) is 0 Å². The normalized spacial score (nSPS) is 14.8. The highest BCUT2D eigenvalue weighted by atomic mass is 16.5. The molecule has 1 aromatic carbocycles. The van der Waals surface area contributed by atoms with E-state index in [1.54, 1.807) is 11.8 Å². The Labute approximate surface area is 163 Å². The third kappa shape index (κ3) is 3.98. The highest BCUT2D eigenvalue weighted by Gasteiger charge is 2.28. The number of pyridine rings is 1. The molecule has 7 heteroatoms. The molecule has 0 saturated carbocycles. The van der Waals surface area contributed by atoms with Crippen molar-refractivity contribution in [2.24, 2.45) is 5.92 Å². The number of esters is 2. The van der Waals surface area contributed by atoms with Crippen molar-refractivity contribution in [2.75, 3.05) is 26.8 Å². The topological polar surface area (TPSA) is 85.8 Å². The minimum atomic E-state index is -0.550. The van der Waals surface area contributed by atoms with Crippen LogP contribution in [0.1, 0.15) is 34.5 Å². The summed E-state index contributed by atoms with van der Waals surface area (Å²) >= 11 is 0. The average molecular weight is 384 g/mol. The van der Waals surface area contributed by atoms with Crippen LogP contribution in [-0.4, -0.2) is 54.5 Å². The van der Waals surface area contributed by atoms with Crippen molar-refractivity contribution in [2.45, 2.75) is 26.7 Å². The number of para-hydroxylation sites is 1. The number of hydrogen-bond acceptors (Lipinski definition) is 6. The van der Waals surface area contributed by atoms with Crippen LogP contribution in [-0.2, 0) is 19.1 Å². The first-order valence-corrected chi connectivity index (χ1v) is 9.31. The Hall–Kier alpha value is -2.96. The fraction of sp³-hybridized carbons (Fsp3) is 0.429. The van der Waals surface area contributed by atoms with Gasteiger partial charge in [0.2, 0.25) is 0 Å². The number of aromatic nitrogens is 1. The van der Waals surface area contributed by atoms with Crippen LogP contribution in [0.25, 0.3) is 10.9 Å². The molecule has 0 aliphatic carbocycles. The summed E-state index contributed by atoms with van der Waals surface area (Å²) in [6.45, 7) is 4.19. The molecule has 1 amide bonds. The second kappa shape index (κ2) is 8.37. The molecule has 3 rings (SSSR count). The molecule has 0 unspecified atom stereocenters. The maximum Gasteiger partial charge on any atom is 0.340 e. The number of ether oxygens (including phenoxy) is 2. The van der Waals surface area contributed by atoms with Crippen LogP contribution in [0.2, 0.25) is 0 Å². The SMILES string of the molecule is COC(=O)C1CCN(C(=O)COC(=O)c2c(C)nc3ccccc3c2C)CC1. The quantitative estimate of drug-likeness (QED) is 0.753. The minimum Gasteiger partial charge on any atom is -0.469 e. The number of piperidine rings is 1. The molecule has 1 saturated heterocycles. The number of benzene rings is 1. The maximum atomic E-state index is 12.6. The summed E-state index contributed by atoms with van der Waals surface area (Å²) < 4.78 is 10.0. The largest absolute Gasteiger partial charge is 0.469 e. The zero-order valence-corrected chi connectivity index (χ0v) is 16.4. The first-order valence-electron chi connectivity index (χ1n) is 9.31. The second-order valence-corrected chi connectivity index (χ2v) is 6.97. The van der Waals surface area contributed by atoms with Crippen LogP contribution in [0.3, 0.4) is 0 Å². The molecule has 1 aliphatic rings. The number of hydrogen-bond donors (Lipinski definition) is 0. The van der Waals surface area contributed by atoms with Crippen molar-refractivity contribution >= 4 is 28.7 Å². The summed E-state index contributed by atoms with van der Waals surface area (Å²) in [5.74, 6) is -1.23. The number of fused-ring (bicyclic) bond motifs is 1. The molecule has 0 spiro atoms. The maximum absolute atomic E-state index is 12.6. The predicted octanol–water partition coefficient (Wildman–Crippen LogP) is 2.42. The summed E-state index contributed by atoms with van der Waals surface area (Å²) in [6, 6.07) is 7.59. The van der Waals surface area contributed by atoms with Crippen LogP contribution < -0.4 is 0 Å². The van der Waals surface area contributed by atoms with Gasteiger partial charge in [0.05, 0.1) is 29.8 Å². The third-order valence-corrected chi connectivity index (χ3v) is 5.25. The van der Waals surface area contributed by atoms with E-state index in [9.17, 15) is 14.4 Å². The van der Waals surface area contributed by atoms with Crippen LogP contribution in [0.5, 0.6) is 0 Å². The van der Waals surface area contributed by atoms with Crippen molar-refractivity contribution in [3.8, 4) is 0 Å². The van der Waals surface area contributed by atoms with Gasteiger partial charge in [-0.3, -0.25) is 14.6 Å². The van der Waals surface area contributed by atoms with Gasteiger partial charge in [0.15, 0.2) is 6.61 Å². The van der Waals surface area contributed by atoms with Gasteiger partial charge >= 0.3 is 11.9 Å². The van der Waals surface area contributed by atoms with Gasteiger partial charge in [-0.1, -0.05) is 18.2 Å². The van der Waals surface area contributed by atoms with Crippen LogP contribution >= 0.6 is 0 Å². The van der Waals surface area contributed by atoms with E-state index in [0.29, 0.717) is 37.2 Å². The van der Waals surface area contributed by atoms with E-state index < -0.39 is 5.97 Å². The van der Waals surface area contributed by atoms with Gasteiger partial charge in [-0.2, -0.15) is 0 Å². The van der Waals surface area contributed by atoms with E-state index in [1.165, 1.54) is 7.11 Å². The number of likely N-dealkylation sites (tertiary alicyclic amines) is 1. The van der Waals surface area contributed by atoms with Crippen molar-refractivity contribution in [1.82, 2.24) is 9.88 Å². The summed E-state index contributed by atoms with van der Waals surface area (Å²) in [5.41, 5.74) is 2.58. The Bertz CT molecular complexity index is 916. The number of carbonyl (C=O) groups excluding carboxylic acids is 3. The van der Waals surface area contributed by atoms with E-state index >= 15 is 0 Å². The molecule has 2 aromatic rings. The van der Waals surface area contributed by atoms with Gasteiger partial charge in [0, 0.05) is 18.5 Å². The third-order valence-electron chi connectivity index (χ3n) is 5.25. The van der Waals surface area contributed by atoms with Gasteiger partial charge in [-0.05, 0) is 38.3 Å². The number of nitrogens with zero attached hydrogens (tertiary/aromatic N) is 2. The molecule has 0 N–H and O–H groups in total. The van der Waals surface area contributed by atoms with Crippen molar-refractivity contribution < 1.29 is 23.9 Å². The molecular formula is C21H24N2O5. The average Bonchev–Trinajstić information content (AvgIpc) is 2.71. The van der Waals surface area contributed by atoms with E-state index in [4.69, 9.17) is 9.47 Å². The summed E-state index contributed by atoms with van der Waals surface area (Å²) in [4.78, 5) is 42.6. The fourth-order valence-electron chi connectivity index (χ4n) is 3.65. The molecule has 0 bridgehead atoms. The highest BCUT2D eigenvalue weighted by Crippen LogP contribution is 2.23. The van der Waals surface area contributed by atoms with E-state index in [2.05, 4.69) is 4.98 Å². The molecule has 0 atom stereocenters. The first kappa shape index (κ1) is 19.8. The Morgan fingerprint density at radius 1 is 1.14 bits per heavy atom. The molecule has 2 heterocycles. The highest BCUT2D eigenvalue weighted by molar-refractivity contribution is 5.99. The van der Waals surface area contributed by atoms with Crippen LogP contribution in [0, 0.1) is 19.8 Å². The summed E-state index contributed by atoms with van der Waals surface area (Å²) in [6.07, 6.45) is 1.11. The van der Waals surface area contributed by atoms with Crippen LogP contribution in [0.15, 0.2) is 24.3 Å². The number of carbonyl (C=O) groups is 3. The fourth-order valence-corrected chi connectivity index (χ4v) is 3.65. The lowest BCUT2D eigenvalue weighted by atomic mass is 9.97. The molecule has 1 aliphatic heterocycles. The first-order chi connectivity index (χ1) is 13.4. The molecular weight excluding hydrogens is 360 g/mol. The standard InChI is InChI=1S/C21H24N2O5/c1-13-16-6-4-5-7-17(16)22-14(2)19(13)21(26)28-12-18(24)23-10-8-15(9-11-23)20(25)27-3/h4-7,15H,8-12H2,1-3H3. The lowest BCUT2D eigenvalue weighted by Crippen LogP contribution is -2.42. The Balaban J connectivity index is 1.62. The zero-order chi connectivity index (χ0) is 20.3. The molecule has 1 fully saturated rings. The number of aryl methyl sites for hydroxylation is 2. The lowest BCUT2D eigenvalue weighted by Gasteiger charge is -2.30. The van der Waals surface area contributed by atoms with Gasteiger partial charge < -0.3 is 14.4 Å². The van der Waals surface area contributed by atoms with Gasteiger partial charge in [0.1, 0.15) is 0 Å². The Morgan fingerprint density at radius 2 is 1.82 bits per heavy atom. The van der Waals surface area contributed by atoms with E-state index in [1.807, 2.05) is 31.2 Å². The zero-order valence-electron chi connectivity index (χ0n) is 16.4. The number of methoxy groups -OCH3 is 1. The second-order valence-electron chi connectivity index (χ2n) is 6.97. The molecule has 148 valence electrons. The summed E-state index contributed by atoms with van der Waals surface area (Å²) in [7, 11) is 1.37. The van der Waals surface area contributed by atoms with E-state index in [-0.39, 0.29) is 24.4 Å². The monoisotopic (exact) mass is 384 g/mol. The Morgan fingerprint density at radius 3 is 2.50 bits per heavy atom. The lowest BCUT2D eigenvalue weighted by molar-refractivity contribution is -0.149. The van der Waals surface area contributed by atoms with Crippen molar-refractivity contribution in [3.05, 3.63) is 41.1 Å². The smallest absolute Gasteiger partial charge is 0.340 e. The molecule has 1 aromatic heterocycles. The Kier molecular flexibility index (Phi) is 5.92. The van der Waals surface area contributed by atoms with E-state index in [0.717, 1.165) is 16.5 Å². The molecule has 7 nitrogen and oxygen atoms in total. The summed E-state index contributed by atoms with van der Waals surface area (Å²) in [5, 5.41) is 0.885. The number of amides is 1. The predicted molar refractivity (Wildman–Crippen MR) is 103 cm³/mol. The van der Waals surface area contributed by atoms with Crippen LogP contribution in [0.4, 0.5) is 0 Å². The van der Waals surface area contributed by atoms with Gasteiger partial charge in [0.25, 0.3) is 5.91 Å². The number of rotatable bonds is 4. The van der Waals surface area contributed by atoms with Gasteiger partial charge in [-0.15, -0.1) is 0 Å².